The summed E-state index contributed by atoms with van der Waals surface area (Å²) in [6, 6.07) is 3.07. The van der Waals surface area contributed by atoms with E-state index in [9.17, 15) is 22.8 Å². The minimum absolute atomic E-state index is 0.0539. The Morgan fingerprint density at radius 3 is 2.64 bits per heavy atom. The van der Waals surface area contributed by atoms with E-state index in [0.717, 1.165) is 12.1 Å². The van der Waals surface area contributed by atoms with Crippen LogP contribution >= 0.6 is 0 Å². The third-order valence-corrected chi connectivity index (χ3v) is 4.59. The number of nitrogens with zero attached hydrogens (tertiary/aromatic N) is 3. The van der Waals surface area contributed by atoms with E-state index in [-0.39, 0.29) is 36.5 Å². The maximum atomic E-state index is 13.0. The van der Waals surface area contributed by atoms with Gasteiger partial charge in [-0.3, -0.25) is 9.59 Å². The van der Waals surface area contributed by atoms with E-state index in [1.54, 1.807) is 4.90 Å². The third kappa shape index (κ3) is 4.24. The van der Waals surface area contributed by atoms with Crippen molar-refractivity contribution in [1.82, 2.24) is 14.5 Å². The van der Waals surface area contributed by atoms with E-state index in [1.165, 1.54) is 16.7 Å². The van der Waals surface area contributed by atoms with Crippen LogP contribution in [0, 0.1) is 0 Å². The number of alkyl halides is 3. The number of rotatable bonds is 5. The van der Waals surface area contributed by atoms with Crippen LogP contribution in [0.4, 0.5) is 13.2 Å². The summed E-state index contributed by atoms with van der Waals surface area (Å²) in [6.07, 6.45) is -2.91. The Hall–Kier alpha value is -2.68. The second kappa shape index (κ2) is 8.14. The maximum absolute atomic E-state index is 13.0. The van der Waals surface area contributed by atoms with Crippen LogP contribution in [0.25, 0.3) is 11.0 Å². The first-order chi connectivity index (χ1) is 13.3. The zero-order valence-electron chi connectivity index (χ0n) is 15.2. The number of fused-ring (bicyclic) bond motifs is 1. The average molecular weight is 395 g/mol. The SMILES string of the molecule is C=CCn1c(=O)c(CCC(=O)N2CCOCC2)nc2cc(C(F)(F)F)ccc21. The molecule has 9 heteroatoms. The van der Waals surface area contributed by atoms with E-state index in [0.29, 0.717) is 31.8 Å². The van der Waals surface area contributed by atoms with Gasteiger partial charge in [0.15, 0.2) is 0 Å². The van der Waals surface area contributed by atoms with Gasteiger partial charge in [0.2, 0.25) is 5.91 Å². The highest BCUT2D eigenvalue weighted by Gasteiger charge is 2.31. The van der Waals surface area contributed by atoms with Gasteiger partial charge in [-0.15, -0.1) is 6.58 Å². The van der Waals surface area contributed by atoms with Crippen molar-refractivity contribution < 1.29 is 22.7 Å². The second-order valence-corrected chi connectivity index (χ2v) is 6.46. The number of carbonyl (C=O) groups is 1. The number of aryl methyl sites for hydroxylation is 1. The minimum atomic E-state index is -4.51. The van der Waals surface area contributed by atoms with E-state index in [2.05, 4.69) is 11.6 Å². The predicted molar refractivity (Wildman–Crippen MR) is 96.9 cm³/mol. The molecule has 0 bridgehead atoms. The van der Waals surface area contributed by atoms with Crippen LogP contribution in [0.5, 0.6) is 0 Å². The molecule has 0 spiro atoms. The molecule has 2 heterocycles. The highest BCUT2D eigenvalue weighted by Crippen LogP contribution is 2.30. The standard InChI is InChI=1S/C19H20F3N3O3/c1-2-7-25-16-5-3-13(19(20,21)22)12-15(16)23-14(18(25)27)4-6-17(26)24-8-10-28-11-9-24/h2-3,5,12H,1,4,6-11H2. The molecule has 0 N–H and O–H groups in total. The Morgan fingerprint density at radius 1 is 1.29 bits per heavy atom. The lowest BCUT2D eigenvalue weighted by atomic mass is 10.1. The molecule has 0 aliphatic carbocycles. The summed E-state index contributed by atoms with van der Waals surface area (Å²) in [7, 11) is 0. The molecular weight excluding hydrogens is 375 g/mol. The number of aromatic nitrogens is 2. The van der Waals surface area contributed by atoms with E-state index >= 15 is 0 Å². The quantitative estimate of drug-likeness (QED) is 0.730. The normalized spacial score (nSPS) is 15.0. The van der Waals surface area contributed by atoms with Gasteiger partial charge in [0.25, 0.3) is 5.56 Å². The van der Waals surface area contributed by atoms with Crippen LogP contribution in [0.3, 0.4) is 0 Å². The Bertz CT molecular complexity index is 947. The van der Waals surface area contributed by atoms with E-state index < -0.39 is 17.3 Å². The van der Waals surface area contributed by atoms with Gasteiger partial charge in [-0.25, -0.2) is 4.98 Å². The van der Waals surface area contributed by atoms with Gasteiger partial charge in [0.05, 0.1) is 29.8 Å². The maximum Gasteiger partial charge on any atom is 0.416 e. The number of allylic oxidation sites excluding steroid dienone is 1. The first-order valence-electron chi connectivity index (χ1n) is 8.88. The molecule has 6 nitrogen and oxygen atoms in total. The van der Waals surface area contributed by atoms with Crippen molar-refractivity contribution in [2.24, 2.45) is 0 Å². The molecule has 1 aliphatic heterocycles. The number of hydrogen-bond donors (Lipinski definition) is 0. The van der Waals surface area contributed by atoms with Gasteiger partial charge in [-0.1, -0.05) is 6.08 Å². The van der Waals surface area contributed by atoms with Crippen molar-refractivity contribution in [3.8, 4) is 0 Å². The summed E-state index contributed by atoms with van der Waals surface area (Å²) in [5.41, 5.74) is -0.852. The fourth-order valence-corrected chi connectivity index (χ4v) is 3.15. The summed E-state index contributed by atoms with van der Waals surface area (Å²) in [5.74, 6) is -0.135. The predicted octanol–water partition coefficient (Wildman–Crippen LogP) is 2.39. The van der Waals surface area contributed by atoms with Gasteiger partial charge in [-0.2, -0.15) is 13.2 Å². The molecule has 0 atom stereocenters. The van der Waals surface area contributed by atoms with Crippen LogP contribution in [0.15, 0.2) is 35.6 Å². The van der Waals surface area contributed by atoms with Crippen molar-refractivity contribution in [3.05, 3.63) is 52.5 Å². The molecule has 150 valence electrons. The van der Waals surface area contributed by atoms with Gasteiger partial charge < -0.3 is 14.2 Å². The molecule has 1 fully saturated rings. The zero-order chi connectivity index (χ0) is 20.3. The Kier molecular flexibility index (Phi) is 5.83. The Morgan fingerprint density at radius 2 is 2.00 bits per heavy atom. The molecule has 1 aromatic heterocycles. The van der Waals surface area contributed by atoms with Gasteiger partial charge in [0, 0.05) is 32.5 Å². The largest absolute Gasteiger partial charge is 0.416 e. The summed E-state index contributed by atoms with van der Waals surface area (Å²) < 4.78 is 45.6. The van der Waals surface area contributed by atoms with Crippen LogP contribution in [0.1, 0.15) is 17.7 Å². The molecule has 0 saturated carbocycles. The van der Waals surface area contributed by atoms with Crippen molar-refractivity contribution in [3.63, 3.8) is 0 Å². The smallest absolute Gasteiger partial charge is 0.378 e. The summed E-state index contributed by atoms with van der Waals surface area (Å²) in [5, 5.41) is 0. The lowest BCUT2D eigenvalue weighted by Crippen LogP contribution is -2.41. The Labute approximate surface area is 159 Å². The molecular formula is C19H20F3N3O3. The van der Waals surface area contributed by atoms with Crippen molar-refractivity contribution in [2.75, 3.05) is 26.3 Å². The third-order valence-electron chi connectivity index (χ3n) is 4.59. The van der Waals surface area contributed by atoms with Gasteiger partial charge in [0.1, 0.15) is 5.69 Å². The van der Waals surface area contributed by atoms with Crippen LogP contribution < -0.4 is 5.56 Å². The number of hydrogen-bond acceptors (Lipinski definition) is 4. The van der Waals surface area contributed by atoms with Crippen LogP contribution in [0.2, 0.25) is 0 Å². The fourth-order valence-electron chi connectivity index (χ4n) is 3.15. The fraction of sp³-hybridized carbons (Fsp3) is 0.421. The lowest BCUT2D eigenvalue weighted by molar-refractivity contribution is -0.137. The highest BCUT2D eigenvalue weighted by atomic mass is 19.4. The molecule has 0 unspecified atom stereocenters. The second-order valence-electron chi connectivity index (χ2n) is 6.46. The molecule has 1 saturated heterocycles. The van der Waals surface area contributed by atoms with Gasteiger partial charge >= 0.3 is 6.18 Å². The average Bonchev–Trinajstić information content (AvgIpc) is 2.68. The number of carbonyl (C=O) groups excluding carboxylic acids is 1. The zero-order valence-corrected chi connectivity index (χ0v) is 15.2. The molecule has 28 heavy (non-hydrogen) atoms. The molecule has 1 amide bonds. The topological polar surface area (TPSA) is 64.4 Å². The van der Waals surface area contributed by atoms with Crippen molar-refractivity contribution in [2.45, 2.75) is 25.6 Å². The van der Waals surface area contributed by atoms with Crippen LogP contribution in [-0.4, -0.2) is 46.7 Å². The molecule has 1 aromatic carbocycles. The number of morpholine rings is 1. The molecule has 1 aliphatic rings. The molecule has 3 rings (SSSR count). The van der Waals surface area contributed by atoms with Crippen molar-refractivity contribution >= 4 is 16.9 Å². The number of ether oxygens (including phenoxy) is 1. The number of halogens is 3. The summed E-state index contributed by atoms with van der Waals surface area (Å²) in [4.78, 5) is 30.8. The Balaban J connectivity index is 1.94. The van der Waals surface area contributed by atoms with Crippen LogP contribution in [-0.2, 0) is 28.7 Å². The van der Waals surface area contributed by atoms with E-state index in [4.69, 9.17) is 4.74 Å². The first-order valence-corrected chi connectivity index (χ1v) is 8.88. The summed E-state index contributed by atoms with van der Waals surface area (Å²) in [6.45, 7) is 5.63. The monoisotopic (exact) mass is 395 g/mol. The number of benzene rings is 1. The van der Waals surface area contributed by atoms with Crippen molar-refractivity contribution in [1.29, 1.82) is 0 Å². The minimum Gasteiger partial charge on any atom is -0.378 e. The van der Waals surface area contributed by atoms with Gasteiger partial charge in [-0.05, 0) is 18.2 Å². The molecule has 0 radical (unpaired) electrons. The summed E-state index contributed by atoms with van der Waals surface area (Å²) >= 11 is 0. The number of amides is 1. The van der Waals surface area contributed by atoms with E-state index in [1.807, 2.05) is 0 Å². The molecule has 2 aromatic rings. The highest BCUT2D eigenvalue weighted by molar-refractivity contribution is 5.77. The lowest BCUT2D eigenvalue weighted by Gasteiger charge is -2.26. The first kappa shape index (κ1) is 20.1.